The summed E-state index contributed by atoms with van der Waals surface area (Å²) in [5, 5.41) is 14.5. The van der Waals surface area contributed by atoms with Crippen LogP contribution in [-0.2, 0) is 4.79 Å². The summed E-state index contributed by atoms with van der Waals surface area (Å²) in [5.74, 6) is -0.503. The molecule has 1 aromatic carbocycles. The van der Waals surface area contributed by atoms with E-state index in [1.54, 1.807) is 24.3 Å². The van der Waals surface area contributed by atoms with Gasteiger partial charge in [0.05, 0.1) is 11.5 Å². The van der Waals surface area contributed by atoms with Crippen LogP contribution < -0.4 is 16.0 Å². The van der Waals surface area contributed by atoms with Crippen molar-refractivity contribution in [3.63, 3.8) is 0 Å². The first-order valence-corrected chi connectivity index (χ1v) is 6.78. The molecule has 0 spiro atoms. The van der Waals surface area contributed by atoms with Gasteiger partial charge in [0.25, 0.3) is 0 Å². The predicted molar refractivity (Wildman–Crippen MR) is 85.9 cm³/mol. The van der Waals surface area contributed by atoms with E-state index in [0.717, 1.165) is 6.20 Å². The third kappa shape index (κ3) is 4.27. The molecule has 0 radical (unpaired) electrons. The van der Waals surface area contributed by atoms with E-state index < -0.39 is 10.8 Å². The quantitative estimate of drug-likeness (QED) is 0.607. The number of hydrogen-bond donors (Lipinski definition) is 2. The molecule has 0 aliphatic carbocycles. The number of nitrogens with two attached hydrogens (primary N) is 1. The van der Waals surface area contributed by atoms with E-state index >= 15 is 0 Å². The largest absolute Gasteiger partial charge is 0.368 e. The van der Waals surface area contributed by atoms with Crippen LogP contribution in [-0.4, -0.2) is 34.4 Å². The molecule has 23 heavy (non-hydrogen) atoms. The number of halogens is 1. The predicted octanol–water partition coefficient (Wildman–Crippen LogP) is 1.70. The standard InChI is InChI=1S/C13H13ClN6O3/c1-19(7-11(15)21)12-10(20(22)23)6-16-13(18-12)17-9-4-2-8(14)3-5-9/h2-6H,7H2,1H3,(H2,15,21)(H,16,17,18). The fraction of sp³-hybridized carbons (Fsp3) is 0.154. The summed E-state index contributed by atoms with van der Waals surface area (Å²) in [6.45, 7) is -0.210. The van der Waals surface area contributed by atoms with Crippen LogP contribution in [0, 0.1) is 10.1 Å². The lowest BCUT2D eigenvalue weighted by Gasteiger charge is -2.16. The second-order valence-electron chi connectivity index (χ2n) is 4.61. The van der Waals surface area contributed by atoms with Gasteiger partial charge in [0.1, 0.15) is 6.20 Å². The lowest BCUT2D eigenvalue weighted by molar-refractivity contribution is -0.384. The van der Waals surface area contributed by atoms with Gasteiger partial charge < -0.3 is 16.0 Å². The summed E-state index contributed by atoms with van der Waals surface area (Å²) in [4.78, 5) is 30.7. The molecule has 0 bridgehead atoms. The summed E-state index contributed by atoms with van der Waals surface area (Å²) in [6.07, 6.45) is 1.07. The second kappa shape index (κ2) is 6.88. The van der Waals surface area contributed by atoms with Gasteiger partial charge in [0.2, 0.25) is 17.7 Å². The van der Waals surface area contributed by atoms with Gasteiger partial charge in [-0.1, -0.05) is 11.6 Å². The van der Waals surface area contributed by atoms with Gasteiger partial charge in [0.15, 0.2) is 0 Å². The number of hydrogen-bond acceptors (Lipinski definition) is 7. The van der Waals surface area contributed by atoms with Crippen molar-refractivity contribution in [1.82, 2.24) is 9.97 Å². The van der Waals surface area contributed by atoms with Crippen LogP contribution in [0.5, 0.6) is 0 Å². The molecular weight excluding hydrogens is 324 g/mol. The molecule has 2 rings (SSSR count). The maximum absolute atomic E-state index is 11.1. The zero-order valence-corrected chi connectivity index (χ0v) is 12.8. The van der Waals surface area contributed by atoms with E-state index in [-0.39, 0.29) is 24.0 Å². The molecule has 0 aliphatic rings. The Morgan fingerprint density at radius 1 is 1.43 bits per heavy atom. The molecule has 9 nitrogen and oxygen atoms in total. The van der Waals surface area contributed by atoms with Crippen molar-refractivity contribution < 1.29 is 9.72 Å². The van der Waals surface area contributed by atoms with E-state index in [4.69, 9.17) is 17.3 Å². The molecule has 1 heterocycles. The van der Waals surface area contributed by atoms with Crippen molar-refractivity contribution in [2.45, 2.75) is 0 Å². The number of amides is 1. The number of aromatic nitrogens is 2. The smallest absolute Gasteiger partial charge is 0.329 e. The number of anilines is 3. The highest BCUT2D eigenvalue weighted by Gasteiger charge is 2.21. The molecule has 10 heteroatoms. The molecule has 0 unspecified atom stereocenters. The van der Waals surface area contributed by atoms with Crippen molar-refractivity contribution >= 4 is 40.6 Å². The Labute approximate surface area is 136 Å². The lowest BCUT2D eigenvalue weighted by atomic mass is 10.3. The molecule has 0 saturated heterocycles. The Morgan fingerprint density at radius 3 is 2.65 bits per heavy atom. The summed E-state index contributed by atoms with van der Waals surface area (Å²) in [6, 6.07) is 6.77. The molecule has 1 aromatic heterocycles. The van der Waals surface area contributed by atoms with Gasteiger partial charge in [-0.05, 0) is 24.3 Å². The van der Waals surface area contributed by atoms with Crippen LogP contribution in [0.3, 0.4) is 0 Å². The highest BCUT2D eigenvalue weighted by atomic mass is 35.5. The van der Waals surface area contributed by atoms with Crippen molar-refractivity contribution in [3.8, 4) is 0 Å². The fourth-order valence-electron chi connectivity index (χ4n) is 1.81. The SMILES string of the molecule is CN(CC(N)=O)c1nc(Nc2ccc(Cl)cc2)ncc1[N+](=O)[O-]. The Bertz CT molecular complexity index is 737. The number of nitrogens with one attached hydrogen (secondary N) is 1. The third-order valence-electron chi connectivity index (χ3n) is 2.80. The van der Waals surface area contributed by atoms with E-state index in [0.29, 0.717) is 10.7 Å². The summed E-state index contributed by atoms with van der Waals surface area (Å²) < 4.78 is 0. The average molecular weight is 337 g/mol. The van der Waals surface area contributed by atoms with E-state index in [9.17, 15) is 14.9 Å². The third-order valence-corrected chi connectivity index (χ3v) is 3.05. The minimum atomic E-state index is -0.632. The molecule has 0 aliphatic heterocycles. The monoisotopic (exact) mass is 336 g/mol. The van der Waals surface area contributed by atoms with Crippen molar-refractivity contribution in [3.05, 3.63) is 45.6 Å². The van der Waals surface area contributed by atoms with E-state index in [2.05, 4.69) is 15.3 Å². The maximum Gasteiger partial charge on any atom is 0.329 e. The van der Waals surface area contributed by atoms with Crippen LogP contribution in [0.25, 0.3) is 0 Å². The number of nitrogens with zero attached hydrogens (tertiary/aromatic N) is 4. The van der Waals surface area contributed by atoms with Gasteiger partial charge in [-0.25, -0.2) is 4.98 Å². The molecule has 0 atom stereocenters. The van der Waals surface area contributed by atoms with Gasteiger partial charge in [-0.15, -0.1) is 0 Å². The average Bonchev–Trinajstić information content (AvgIpc) is 2.48. The zero-order chi connectivity index (χ0) is 17.0. The maximum atomic E-state index is 11.1. The normalized spacial score (nSPS) is 10.2. The molecule has 0 fully saturated rings. The Hall–Kier alpha value is -2.94. The Balaban J connectivity index is 2.33. The zero-order valence-electron chi connectivity index (χ0n) is 12.1. The minimum absolute atomic E-state index is 0.0136. The Morgan fingerprint density at radius 2 is 2.09 bits per heavy atom. The number of nitro groups is 1. The van der Waals surface area contributed by atoms with E-state index in [1.165, 1.54) is 11.9 Å². The van der Waals surface area contributed by atoms with Crippen LogP contribution in [0.1, 0.15) is 0 Å². The van der Waals surface area contributed by atoms with Crippen LogP contribution in [0.15, 0.2) is 30.5 Å². The van der Waals surface area contributed by atoms with Crippen LogP contribution in [0.2, 0.25) is 5.02 Å². The lowest BCUT2D eigenvalue weighted by Crippen LogP contribution is -2.31. The first-order chi connectivity index (χ1) is 10.9. The topological polar surface area (TPSA) is 127 Å². The van der Waals surface area contributed by atoms with Crippen molar-refractivity contribution in [1.29, 1.82) is 0 Å². The number of likely N-dealkylation sites (N-methyl/N-ethyl adjacent to an activating group) is 1. The molecule has 2 aromatic rings. The summed E-state index contributed by atoms with van der Waals surface area (Å²) in [7, 11) is 1.48. The number of primary amides is 1. The number of rotatable bonds is 6. The fourth-order valence-corrected chi connectivity index (χ4v) is 1.93. The van der Waals surface area contributed by atoms with E-state index in [1.807, 2.05) is 0 Å². The summed E-state index contributed by atoms with van der Waals surface area (Å²) in [5.41, 5.74) is 5.45. The number of benzene rings is 1. The van der Waals surface area contributed by atoms with Crippen molar-refractivity contribution in [2.24, 2.45) is 5.73 Å². The highest BCUT2D eigenvalue weighted by Crippen LogP contribution is 2.26. The number of carbonyl (C=O) groups excluding carboxylic acids is 1. The second-order valence-corrected chi connectivity index (χ2v) is 5.05. The molecule has 120 valence electrons. The van der Waals surface area contributed by atoms with Gasteiger partial charge in [0, 0.05) is 17.8 Å². The first kappa shape index (κ1) is 16.4. The van der Waals surface area contributed by atoms with Crippen molar-refractivity contribution in [2.75, 3.05) is 23.8 Å². The molecule has 0 saturated carbocycles. The van der Waals surface area contributed by atoms with Crippen LogP contribution in [0.4, 0.5) is 23.1 Å². The van der Waals surface area contributed by atoms with Gasteiger partial charge in [-0.3, -0.25) is 14.9 Å². The minimum Gasteiger partial charge on any atom is -0.368 e. The van der Waals surface area contributed by atoms with Gasteiger partial charge >= 0.3 is 5.69 Å². The molecule has 3 N–H and O–H groups in total. The molecular formula is C13H13ClN6O3. The first-order valence-electron chi connectivity index (χ1n) is 6.40. The van der Waals surface area contributed by atoms with Gasteiger partial charge in [-0.2, -0.15) is 4.98 Å². The molecule has 1 amide bonds. The highest BCUT2D eigenvalue weighted by molar-refractivity contribution is 6.30. The Kier molecular flexibility index (Phi) is 4.91. The summed E-state index contributed by atoms with van der Waals surface area (Å²) >= 11 is 5.80. The number of carbonyl (C=O) groups is 1. The van der Waals surface area contributed by atoms with Crippen LogP contribution >= 0.6 is 11.6 Å².